The van der Waals surface area contributed by atoms with E-state index in [1.165, 1.54) is 0 Å². The number of anilines is 1. The largest absolute Gasteiger partial charge is 0.322 e. The van der Waals surface area contributed by atoms with Crippen LogP contribution < -0.4 is 5.32 Å². The van der Waals surface area contributed by atoms with Crippen LogP contribution in [0.5, 0.6) is 0 Å². The molecular formula is C13H8Cl2INO. The Morgan fingerprint density at radius 1 is 1.06 bits per heavy atom. The summed E-state index contributed by atoms with van der Waals surface area (Å²) in [4.78, 5) is 12.0. The zero-order valence-corrected chi connectivity index (χ0v) is 12.8. The predicted molar refractivity (Wildman–Crippen MR) is 83.6 cm³/mol. The second-order valence-electron chi connectivity index (χ2n) is 3.62. The van der Waals surface area contributed by atoms with Crippen LogP contribution in [-0.4, -0.2) is 5.91 Å². The van der Waals surface area contributed by atoms with E-state index in [0.29, 0.717) is 21.3 Å². The van der Waals surface area contributed by atoms with Crippen molar-refractivity contribution in [1.29, 1.82) is 0 Å². The van der Waals surface area contributed by atoms with Crippen LogP contribution in [0.4, 0.5) is 5.69 Å². The minimum atomic E-state index is -0.188. The number of amides is 1. The highest BCUT2D eigenvalue weighted by Crippen LogP contribution is 2.23. The van der Waals surface area contributed by atoms with Gasteiger partial charge in [-0.3, -0.25) is 4.79 Å². The molecule has 0 aliphatic carbocycles. The first-order chi connectivity index (χ1) is 8.54. The molecule has 0 atom stereocenters. The molecule has 2 nitrogen and oxygen atoms in total. The van der Waals surface area contributed by atoms with Gasteiger partial charge in [-0.15, -0.1) is 0 Å². The first-order valence-corrected chi connectivity index (χ1v) is 6.91. The molecule has 0 spiro atoms. The number of carbonyl (C=O) groups is 1. The molecule has 0 radical (unpaired) electrons. The molecular weight excluding hydrogens is 384 g/mol. The van der Waals surface area contributed by atoms with Gasteiger partial charge in [0.1, 0.15) is 0 Å². The van der Waals surface area contributed by atoms with E-state index in [2.05, 4.69) is 27.9 Å². The number of carbonyl (C=O) groups excluding carboxylic acids is 1. The van der Waals surface area contributed by atoms with Gasteiger partial charge in [-0.05, 0) is 59.0 Å². The van der Waals surface area contributed by atoms with Crippen molar-refractivity contribution in [2.24, 2.45) is 0 Å². The van der Waals surface area contributed by atoms with Gasteiger partial charge in [0.25, 0.3) is 5.91 Å². The smallest absolute Gasteiger partial charge is 0.255 e. The number of halogens is 3. The van der Waals surface area contributed by atoms with Crippen LogP contribution in [0.15, 0.2) is 42.5 Å². The van der Waals surface area contributed by atoms with E-state index in [9.17, 15) is 4.79 Å². The lowest BCUT2D eigenvalue weighted by Gasteiger charge is -2.06. The molecule has 0 fully saturated rings. The molecule has 0 unspecified atom stereocenters. The number of hydrogen-bond acceptors (Lipinski definition) is 1. The van der Waals surface area contributed by atoms with Gasteiger partial charge in [0.15, 0.2) is 0 Å². The van der Waals surface area contributed by atoms with Gasteiger partial charge in [0.05, 0.1) is 0 Å². The molecule has 0 bridgehead atoms. The zero-order chi connectivity index (χ0) is 13.1. The molecule has 92 valence electrons. The van der Waals surface area contributed by atoms with Crippen LogP contribution in [0.1, 0.15) is 10.4 Å². The average molecular weight is 392 g/mol. The Kier molecular flexibility index (Phi) is 4.48. The monoisotopic (exact) mass is 391 g/mol. The topological polar surface area (TPSA) is 29.1 Å². The van der Waals surface area contributed by atoms with Crippen LogP contribution in [0, 0.1) is 3.57 Å². The van der Waals surface area contributed by atoms with E-state index >= 15 is 0 Å². The van der Waals surface area contributed by atoms with Crippen LogP contribution >= 0.6 is 45.8 Å². The normalized spacial score (nSPS) is 10.2. The summed E-state index contributed by atoms with van der Waals surface area (Å²) in [6, 6.07) is 12.2. The molecule has 1 amide bonds. The van der Waals surface area contributed by atoms with E-state index in [1.807, 2.05) is 18.2 Å². The highest BCUT2D eigenvalue weighted by atomic mass is 127. The third-order valence-corrected chi connectivity index (χ3v) is 3.31. The maximum absolute atomic E-state index is 12.0. The number of rotatable bonds is 2. The lowest BCUT2D eigenvalue weighted by Crippen LogP contribution is -2.11. The van der Waals surface area contributed by atoms with Gasteiger partial charge in [-0.2, -0.15) is 0 Å². The second-order valence-corrected chi connectivity index (χ2v) is 5.74. The maximum atomic E-state index is 12.0. The number of benzene rings is 2. The molecule has 0 saturated heterocycles. The Hall–Kier alpha value is -0.780. The van der Waals surface area contributed by atoms with E-state index in [4.69, 9.17) is 23.2 Å². The first kappa shape index (κ1) is 13.6. The summed E-state index contributed by atoms with van der Waals surface area (Å²) in [5, 5.41) is 3.73. The van der Waals surface area contributed by atoms with E-state index < -0.39 is 0 Å². The minimum Gasteiger partial charge on any atom is -0.322 e. The van der Waals surface area contributed by atoms with Crippen LogP contribution in [0.25, 0.3) is 0 Å². The fourth-order valence-corrected chi connectivity index (χ4v) is 2.53. The maximum Gasteiger partial charge on any atom is 0.255 e. The summed E-state index contributed by atoms with van der Waals surface area (Å²) >= 11 is 13.9. The highest BCUT2D eigenvalue weighted by molar-refractivity contribution is 14.1. The number of nitrogens with one attached hydrogen (secondary N) is 1. The molecule has 0 aliphatic rings. The Balaban J connectivity index is 2.21. The van der Waals surface area contributed by atoms with Crippen molar-refractivity contribution < 1.29 is 4.79 Å². The van der Waals surface area contributed by atoms with E-state index in [-0.39, 0.29) is 5.91 Å². The lowest BCUT2D eigenvalue weighted by molar-refractivity contribution is 0.102. The average Bonchev–Trinajstić information content (AvgIpc) is 2.27. The third kappa shape index (κ3) is 3.60. The molecule has 18 heavy (non-hydrogen) atoms. The van der Waals surface area contributed by atoms with Crippen LogP contribution in [-0.2, 0) is 0 Å². The molecule has 2 aromatic rings. The standard InChI is InChI=1S/C13H8Cl2INO/c14-9-5-10(15)7-12(6-9)17-13(18)8-2-1-3-11(16)4-8/h1-7H,(H,17,18). The van der Waals surface area contributed by atoms with Gasteiger partial charge in [0.2, 0.25) is 0 Å². The lowest BCUT2D eigenvalue weighted by atomic mass is 10.2. The molecule has 0 saturated carbocycles. The van der Waals surface area contributed by atoms with Crippen molar-refractivity contribution in [3.8, 4) is 0 Å². The Labute approximate surface area is 128 Å². The molecule has 2 aromatic carbocycles. The molecule has 0 aromatic heterocycles. The van der Waals surface area contributed by atoms with Crippen molar-refractivity contribution in [3.05, 3.63) is 61.6 Å². The zero-order valence-electron chi connectivity index (χ0n) is 9.08. The summed E-state index contributed by atoms with van der Waals surface area (Å²) in [5.41, 5.74) is 1.18. The van der Waals surface area contributed by atoms with Gasteiger partial charge >= 0.3 is 0 Å². The Bertz CT molecular complexity index is 581. The molecule has 5 heteroatoms. The Morgan fingerprint density at radius 3 is 2.33 bits per heavy atom. The first-order valence-electron chi connectivity index (χ1n) is 5.07. The Morgan fingerprint density at radius 2 is 1.72 bits per heavy atom. The summed E-state index contributed by atoms with van der Waals surface area (Å²) in [6.07, 6.45) is 0. The van der Waals surface area contributed by atoms with Crippen molar-refractivity contribution in [3.63, 3.8) is 0 Å². The second kappa shape index (κ2) is 5.91. The molecule has 0 heterocycles. The van der Waals surface area contributed by atoms with Gasteiger partial charge in [-0.25, -0.2) is 0 Å². The van der Waals surface area contributed by atoms with Crippen molar-refractivity contribution >= 4 is 57.4 Å². The third-order valence-electron chi connectivity index (χ3n) is 2.21. The van der Waals surface area contributed by atoms with Gasteiger partial charge in [0, 0.05) is 24.9 Å². The number of hydrogen-bond donors (Lipinski definition) is 1. The molecule has 2 rings (SSSR count). The van der Waals surface area contributed by atoms with Crippen molar-refractivity contribution in [1.82, 2.24) is 0 Å². The fourth-order valence-electron chi connectivity index (χ4n) is 1.46. The van der Waals surface area contributed by atoms with Crippen LogP contribution in [0.2, 0.25) is 10.0 Å². The molecule has 0 aliphatic heterocycles. The quantitative estimate of drug-likeness (QED) is 0.728. The van der Waals surface area contributed by atoms with E-state index in [0.717, 1.165) is 3.57 Å². The minimum absolute atomic E-state index is 0.188. The molecule has 1 N–H and O–H groups in total. The van der Waals surface area contributed by atoms with E-state index in [1.54, 1.807) is 24.3 Å². The highest BCUT2D eigenvalue weighted by Gasteiger charge is 2.07. The summed E-state index contributed by atoms with van der Waals surface area (Å²) in [5.74, 6) is -0.188. The SMILES string of the molecule is O=C(Nc1cc(Cl)cc(Cl)c1)c1cccc(I)c1. The van der Waals surface area contributed by atoms with Gasteiger partial charge < -0.3 is 5.32 Å². The van der Waals surface area contributed by atoms with Crippen molar-refractivity contribution in [2.45, 2.75) is 0 Å². The summed E-state index contributed by atoms with van der Waals surface area (Å²) in [6.45, 7) is 0. The van der Waals surface area contributed by atoms with Crippen LogP contribution in [0.3, 0.4) is 0 Å². The summed E-state index contributed by atoms with van der Waals surface area (Å²) in [7, 11) is 0. The summed E-state index contributed by atoms with van der Waals surface area (Å²) < 4.78 is 1.00. The van der Waals surface area contributed by atoms with Crippen molar-refractivity contribution in [2.75, 3.05) is 5.32 Å². The fraction of sp³-hybridized carbons (Fsp3) is 0. The predicted octanol–water partition coefficient (Wildman–Crippen LogP) is 4.85. The van der Waals surface area contributed by atoms with Gasteiger partial charge in [-0.1, -0.05) is 29.3 Å².